The number of ether oxygens (including phenoxy) is 2. The molecule has 0 bridgehead atoms. The third-order valence-electron chi connectivity index (χ3n) is 4.85. The Kier molecular flexibility index (Phi) is 4.68. The molecule has 5 rings (SSSR count). The van der Waals surface area contributed by atoms with Gasteiger partial charge in [-0.1, -0.05) is 5.16 Å². The van der Waals surface area contributed by atoms with E-state index < -0.39 is 0 Å². The first-order valence-electron chi connectivity index (χ1n) is 9.37. The highest BCUT2D eigenvalue weighted by atomic mass is 19.1. The van der Waals surface area contributed by atoms with Crippen molar-refractivity contribution < 1.29 is 18.4 Å². The van der Waals surface area contributed by atoms with Crippen LogP contribution in [0.4, 0.5) is 4.39 Å². The minimum Gasteiger partial charge on any atom is -0.472 e. The molecule has 152 valence electrons. The maximum atomic E-state index is 13.2. The molecule has 0 saturated carbocycles. The highest BCUT2D eigenvalue weighted by Crippen LogP contribution is 2.27. The van der Waals surface area contributed by atoms with Crippen molar-refractivity contribution in [3.63, 3.8) is 0 Å². The van der Waals surface area contributed by atoms with Gasteiger partial charge in [-0.25, -0.2) is 4.39 Å². The number of halogens is 1. The molecule has 0 fully saturated rings. The number of nitrogens with zero attached hydrogens (tertiary/aromatic N) is 6. The van der Waals surface area contributed by atoms with Crippen molar-refractivity contribution in [3.8, 4) is 28.7 Å². The largest absolute Gasteiger partial charge is 0.472 e. The fourth-order valence-corrected chi connectivity index (χ4v) is 3.24. The zero-order valence-corrected chi connectivity index (χ0v) is 16.1. The second kappa shape index (κ2) is 7.64. The average Bonchev–Trinajstić information content (AvgIpc) is 3.37. The molecule has 0 radical (unpaired) electrons. The summed E-state index contributed by atoms with van der Waals surface area (Å²) in [6.07, 6.45) is 0. The van der Waals surface area contributed by atoms with Gasteiger partial charge in [-0.15, -0.1) is 20.4 Å². The first-order chi connectivity index (χ1) is 14.7. The van der Waals surface area contributed by atoms with Crippen molar-refractivity contribution in [2.45, 2.75) is 26.7 Å². The number of rotatable bonds is 5. The molecule has 0 unspecified atom stereocenters. The summed E-state index contributed by atoms with van der Waals surface area (Å²) in [4.78, 5) is 0. The molecule has 0 spiro atoms. The molecule has 10 heteroatoms. The predicted octanol–water partition coefficient (Wildman–Crippen LogP) is 2.95. The number of fused-ring (bicyclic) bond motifs is 1. The van der Waals surface area contributed by atoms with Crippen molar-refractivity contribution in [1.82, 2.24) is 30.1 Å². The van der Waals surface area contributed by atoms with E-state index in [9.17, 15) is 4.39 Å². The topological polar surface area (TPSA) is 101 Å². The lowest BCUT2D eigenvalue weighted by molar-refractivity contribution is 0.0820. The predicted molar refractivity (Wildman–Crippen MR) is 102 cm³/mol. The van der Waals surface area contributed by atoms with Crippen LogP contribution in [0.2, 0.25) is 0 Å². The molecule has 1 aliphatic heterocycles. The van der Waals surface area contributed by atoms with Crippen LogP contribution in [0, 0.1) is 12.7 Å². The minimum atomic E-state index is -0.311. The number of aryl methyl sites for hydroxylation is 1. The van der Waals surface area contributed by atoms with Crippen molar-refractivity contribution in [2.24, 2.45) is 0 Å². The summed E-state index contributed by atoms with van der Waals surface area (Å²) in [5, 5.41) is 20.8. The molecular formula is C20H17FN6O3. The summed E-state index contributed by atoms with van der Waals surface area (Å²) in [6.45, 7) is 3.72. The Bertz CT molecular complexity index is 1170. The zero-order chi connectivity index (χ0) is 20.5. The molecule has 0 N–H and O–H groups in total. The summed E-state index contributed by atoms with van der Waals surface area (Å²) in [5.41, 5.74) is 2.72. The van der Waals surface area contributed by atoms with Gasteiger partial charge in [0.05, 0.1) is 12.2 Å². The quantitative estimate of drug-likeness (QED) is 0.497. The number of hydrogen-bond acceptors (Lipinski definition) is 8. The molecule has 0 aliphatic carbocycles. The molecule has 4 heterocycles. The SMILES string of the molecule is Cc1onc(-c2ccc(F)cc2)c1COc1ccc(-c2nnc3n2CCOC3)nn1. The fraction of sp³-hybridized carbons (Fsp3) is 0.250. The van der Waals surface area contributed by atoms with Crippen molar-refractivity contribution in [3.05, 3.63) is 59.4 Å². The maximum absolute atomic E-state index is 13.2. The van der Waals surface area contributed by atoms with Crippen LogP contribution in [0.5, 0.6) is 5.88 Å². The van der Waals surface area contributed by atoms with Gasteiger partial charge in [0.25, 0.3) is 0 Å². The number of aromatic nitrogens is 6. The highest BCUT2D eigenvalue weighted by molar-refractivity contribution is 5.63. The molecular weight excluding hydrogens is 391 g/mol. The Hall–Kier alpha value is -3.66. The van der Waals surface area contributed by atoms with Crippen molar-refractivity contribution >= 4 is 0 Å². The third-order valence-corrected chi connectivity index (χ3v) is 4.85. The highest BCUT2D eigenvalue weighted by Gasteiger charge is 2.19. The number of benzene rings is 1. The van der Waals surface area contributed by atoms with Gasteiger partial charge in [-0.05, 0) is 37.3 Å². The van der Waals surface area contributed by atoms with E-state index >= 15 is 0 Å². The fourth-order valence-electron chi connectivity index (χ4n) is 3.24. The van der Waals surface area contributed by atoms with Crippen LogP contribution in [0.15, 0.2) is 40.9 Å². The normalized spacial score (nSPS) is 13.3. The van der Waals surface area contributed by atoms with Crippen LogP contribution < -0.4 is 4.74 Å². The van der Waals surface area contributed by atoms with E-state index in [4.69, 9.17) is 14.0 Å². The second-order valence-electron chi connectivity index (χ2n) is 6.76. The zero-order valence-electron chi connectivity index (χ0n) is 16.1. The van der Waals surface area contributed by atoms with Crippen LogP contribution in [-0.2, 0) is 24.5 Å². The van der Waals surface area contributed by atoms with E-state index in [1.165, 1.54) is 12.1 Å². The Morgan fingerprint density at radius 1 is 1.07 bits per heavy atom. The van der Waals surface area contributed by atoms with Gasteiger partial charge in [0, 0.05) is 18.2 Å². The van der Waals surface area contributed by atoms with Crippen LogP contribution >= 0.6 is 0 Å². The van der Waals surface area contributed by atoms with E-state index in [2.05, 4.69) is 25.6 Å². The first-order valence-corrected chi connectivity index (χ1v) is 9.37. The van der Waals surface area contributed by atoms with Crippen molar-refractivity contribution in [1.29, 1.82) is 0 Å². The molecule has 4 aromatic rings. The Morgan fingerprint density at radius 2 is 1.93 bits per heavy atom. The molecule has 9 nitrogen and oxygen atoms in total. The van der Waals surface area contributed by atoms with Crippen LogP contribution in [0.3, 0.4) is 0 Å². The summed E-state index contributed by atoms with van der Waals surface area (Å²) in [5.74, 6) is 2.09. The standard InChI is InChI=1S/C20H17FN6O3/c1-12-15(19(26-30-12)13-2-4-14(21)5-3-13)10-29-18-7-6-16(22-24-18)20-25-23-17-11-28-9-8-27(17)20/h2-7H,8-11H2,1H3. The summed E-state index contributed by atoms with van der Waals surface area (Å²) < 4.78 is 31.7. The van der Waals surface area contributed by atoms with Crippen LogP contribution in [-0.4, -0.2) is 36.7 Å². The van der Waals surface area contributed by atoms with Gasteiger partial charge in [0.1, 0.15) is 36.2 Å². The van der Waals surface area contributed by atoms with Gasteiger partial charge in [0.15, 0.2) is 11.6 Å². The van der Waals surface area contributed by atoms with Crippen LogP contribution in [0.1, 0.15) is 17.1 Å². The van der Waals surface area contributed by atoms with Gasteiger partial charge in [0.2, 0.25) is 5.88 Å². The van der Waals surface area contributed by atoms with E-state index in [0.29, 0.717) is 48.6 Å². The molecule has 1 aliphatic rings. The lowest BCUT2D eigenvalue weighted by Gasteiger charge is -2.14. The molecule has 0 saturated heterocycles. The van der Waals surface area contributed by atoms with Gasteiger partial charge < -0.3 is 18.6 Å². The smallest absolute Gasteiger partial charge is 0.233 e. The second-order valence-corrected chi connectivity index (χ2v) is 6.76. The van der Waals surface area contributed by atoms with Gasteiger partial charge in [-0.3, -0.25) is 0 Å². The Balaban J connectivity index is 1.33. The molecule has 0 atom stereocenters. The van der Waals surface area contributed by atoms with Gasteiger partial charge >= 0.3 is 0 Å². The Labute approximate surface area is 170 Å². The first kappa shape index (κ1) is 18.4. The van der Waals surface area contributed by atoms with E-state index in [1.54, 1.807) is 31.2 Å². The third kappa shape index (κ3) is 3.41. The summed E-state index contributed by atoms with van der Waals surface area (Å²) in [7, 11) is 0. The Morgan fingerprint density at radius 3 is 2.73 bits per heavy atom. The number of hydrogen-bond donors (Lipinski definition) is 0. The van der Waals surface area contributed by atoms with Crippen LogP contribution in [0.25, 0.3) is 22.8 Å². The molecule has 1 aromatic carbocycles. The average molecular weight is 408 g/mol. The summed E-state index contributed by atoms with van der Waals surface area (Å²) >= 11 is 0. The van der Waals surface area contributed by atoms with E-state index in [1.807, 2.05) is 4.57 Å². The van der Waals surface area contributed by atoms with E-state index in [0.717, 1.165) is 17.0 Å². The molecule has 0 amide bonds. The monoisotopic (exact) mass is 408 g/mol. The molecule has 3 aromatic heterocycles. The maximum Gasteiger partial charge on any atom is 0.233 e. The minimum absolute atomic E-state index is 0.188. The lowest BCUT2D eigenvalue weighted by atomic mass is 10.1. The lowest BCUT2D eigenvalue weighted by Crippen LogP contribution is -2.17. The van der Waals surface area contributed by atoms with Gasteiger partial charge in [-0.2, -0.15) is 0 Å². The summed E-state index contributed by atoms with van der Waals surface area (Å²) in [6, 6.07) is 9.57. The van der Waals surface area contributed by atoms with Crippen molar-refractivity contribution in [2.75, 3.05) is 6.61 Å². The van der Waals surface area contributed by atoms with E-state index in [-0.39, 0.29) is 12.4 Å². The molecule has 30 heavy (non-hydrogen) atoms.